The van der Waals surface area contributed by atoms with Gasteiger partial charge >= 0.3 is 0 Å². The van der Waals surface area contributed by atoms with Gasteiger partial charge in [-0.2, -0.15) is 5.26 Å². The molecule has 0 spiro atoms. The molecule has 3 aromatic rings. The molecule has 0 aliphatic carbocycles. The monoisotopic (exact) mass is 515 g/mol. The van der Waals surface area contributed by atoms with Gasteiger partial charge < -0.3 is 5.11 Å². The lowest BCUT2D eigenvalue weighted by Crippen LogP contribution is -2.35. The van der Waals surface area contributed by atoms with Crippen molar-refractivity contribution in [2.75, 3.05) is 6.54 Å². The van der Waals surface area contributed by atoms with E-state index in [1.807, 2.05) is 66.7 Å². The van der Waals surface area contributed by atoms with E-state index in [1.165, 1.54) is 11.8 Å². The minimum absolute atomic E-state index is 0.0742. The first-order valence-electron chi connectivity index (χ1n) is 11.1. The Balaban J connectivity index is 1.63. The SMILES string of the molecule is Cc1c(C(=O)CN2C(=O)/C(=C/c3ccccc3)SC2=S)c(O)n(CCc2ccccc2)c(=O)c1C#N. The number of Topliss-reactive ketones (excluding diaryl/α,β-unsaturated/α-hetero) is 1. The maximum Gasteiger partial charge on any atom is 0.271 e. The number of hydrogen-bond donors (Lipinski definition) is 1. The van der Waals surface area contributed by atoms with Crippen LogP contribution >= 0.6 is 24.0 Å². The van der Waals surface area contributed by atoms with E-state index in [-0.39, 0.29) is 27.6 Å². The number of ketones is 1. The molecular weight excluding hydrogens is 494 g/mol. The number of nitriles is 1. The maximum absolute atomic E-state index is 13.3. The Morgan fingerprint density at radius 1 is 1.11 bits per heavy atom. The molecule has 0 bridgehead atoms. The second-order valence-corrected chi connectivity index (χ2v) is 9.78. The number of carbonyl (C=O) groups excluding carboxylic acids is 2. The van der Waals surface area contributed by atoms with Crippen molar-refractivity contribution in [3.8, 4) is 11.9 Å². The van der Waals surface area contributed by atoms with E-state index in [2.05, 4.69) is 0 Å². The predicted octanol–water partition coefficient (Wildman–Crippen LogP) is 4.06. The fourth-order valence-corrected chi connectivity index (χ4v) is 5.19. The number of aromatic hydroxyl groups is 1. The summed E-state index contributed by atoms with van der Waals surface area (Å²) < 4.78 is 1.25. The molecule has 1 N–H and O–H groups in total. The first-order valence-corrected chi connectivity index (χ1v) is 12.3. The third-order valence-corrected chi connectivity index (χ3v) is 7.20. The van der Waals surface area contributed by atoms with Crippen LogP contribution in [-0.4, -0.2) is 37.1 Å². The molecule has 1 aromatic heterocycles. The van der Waals surface area contributed by atoms with Crippen LogP contribution in [0.15, 0.2) is 70.4 Å². The Labute approximate surface area is 217 Å². The number of aryl methyl sites for hydroxylation is 1. The van der Waals surface area contributed by atoms with Crippen molar-refractivity contribution in [2.24, 2.45) is 0 Å². The fourth-order valence-electron chi connectivity index (χ4n) is 3.94. The third-order valence-electron chi connectivity index (χ3n) is 5.82. The van der Waals surface area contributed by atoms with Gasteiger partial charge in [0.2, 0.25) is 5.88 Å². The molecule has 4 rings (SSSR count). The number of hydrogen-bond acceptors (Lipinski definition) is 7. The molecule has 2 heterocycles. The van der Waals surface area contributed by atoms with E-state index in [4.69, 9.17) is 12.2 Å². The minimum atomic E-state index is -0.670. The highest BCUT2D eigenvalue weighted by Crippen LogP contribution is 2.33. The van der Waals surface area contributed by atoms with Crippen molar-refractivity contribution >= 4 is 46.1 Å². The normalized spacial score (nSPS) is 14.3. The van der Waals surface area contributed by atoms with Gasteiger partial charge in [0.15, 0.2) is 5.78 Å². The highest BCUT2D eigenvalue weighted by molar-refractivity contribution is 8.26. The summed E-state index contributed by atoms with van der Waals surface area (Å²) in [4.78, 5) is 40.7. The van der Waals surface area contributed by atoms with Crippen LogP contribution in [0.4, 0.5) is 0 Å². The predicted molar refractivity (Wildman–Crippen MR) is 143 cm³/mol. The Hall–Kier alpha value is -4.00. The van der Waals surface area contributed by atoms with E-state index in [9.17, 15) is 24.8 Å². The fraction of sp³-hybridized carbons (Fsp3) is 0.148. The Bertz CT molecular complexity index is 1490. The smallest absolute Gasteiger partial charge is 0.271 e. The van der Waals surface area contributed by atoms with E-state index < -0.39 is 29.7 Å². The van der Waals surface area contributed by atoms with Crippen LogP contribution in [0.25, 0.3) is 6.08 Å². The molecule has 2 aromatic carbocycles. The summed E-state index contributed by atoms with van der Waals surface area (Å²) in [5.74, 6) is -1.56. The van der Waals surface area contributed by atoms with Gasteiger partial charge in [0.25, 0.3) is 11.5 Å². The Morgan fingerprint density at radius 2 is 1.75 bits per heavy atom. The van der Waals surface area contributed by atoms with Crippen molar-refractivity contribution in [1.29, 1.82) is 5.26 Å². The van der Waals surface area contributed by atoms with Crippen LogP contribution in [-0.2, 0) is 17.8 Å². The molecule has 1 aliphatic rings. The summed E-state index contributed by atoms with van der Waals surface area (Å²) in [5.41, 5.74) is 0.766. The van der Waals surface area contributed by atoms with E-state index in [0.29, 0.717) is 11.3 Å². The molecule has 0 unspecified atom stereocenters. The van der Waals surface area contributed by atoms with Gasteiger partial charge in [0.05, 0.1) is 17.0 Å². The molecule has 9 heteroatoms. The quantitative estimate of drug-likeness (QED) is 0.288. The zero-order valence-corrected chi connectivity index (χ0v) is 20.9. The highest BCUT2D eigenvalue weighted by atomic mass is 32.2. The van der Waals surface area contributed by atoms with Gasteiger partial charge in [-0.05, 0) is 36.1 Å². The lowest BCUT2D eigenvalue weighted by molar-refractivity contribution is -0.121. The van der Waals surface area contributed by atoms with Crippen molar-refractivity contribution < 1.29 is 14.7 Å². The minimum Gasteiger partial charge on any atom is -0.494 e. The number of thiocarbonyl (C=S) groups is 1. The molecular formula is C27H21N3O4S2. The van der Waals surface area contributed by atoms with Gasteiger partial charge in [-0.3, -0.25) is 23.9 Å². The van der Waals surface area contributed by atoms with Gasteiger partial charge in [0, 0.05) is 6.54 Å². The largest absolute Gasteiger partial charge is 0.494 e. The molecule has 1 saturated heterocycles. The topological polar surface area (TPSA) is 103 Å². The van der Waals surface area contributed by atoms with Crippen LogP contribution in [0.5, 0.6) is 5.88 Å². The van der Waals surface area contributed by atoms with Gasteiger partial charge in [-0.15, -0.1) is 0 Å². The molecule has 180 valence electrons. The molecule has 0 atom stereocenters. The number of amides is 1. The van der Waals surface area contributed by atoms with Gasteiger partial charge in [0.1, 0.15) is 16.0 Å². The van der Waals surface area contributed by atoms with Crippen LogP contribution in [0.2, 0.25) is 0 Å². The summed E-state index contributed by atoms with van der Waals surface area (Å²) in [6.07, 6.45) is 2.11. The summed E-state index contributed by atoms with van der Waals surface area (Å²) in [7, 11) is 0. The molecule has 1 amide bonds. The number of benzene rings is 2. The molecule has 7 nitrogen and oxygen atoms in total. The van der Waals surface area contributed by atoms with Gasteiger partial charge in [-0.1, -0.05) is 84.6 Å². The van der Waals surface area contributed by atoms with E-state index in [1.54, 1.807) is 6.08 Å². The number of carbonyl (C=O) groups is 2. The number of pyridine rings is 1. The van der Waals surface area contributed by atoms with E-state index >= 15 is 0 Å². The standard InChI is InChI=1S/C27H21N3O4S2/c1-17-20(15-28)24(32)29(13-12-18-8-4-2-5-9-18)26(34)23(17)21(31)16-30-25(33)22(36-27(30)35)14-19-10-6-3-7-11-19/h2-11,14,34H,12-13,16H2,1H3/b22-14-. The van der Waals surface area contributed by atoms with Crippen molar-refractivity contribution in [3.05, 3.63) is 104 Å². The number of aromatic nitrogens is 1. The van der Waals surface area contributed by atoms with Crippen LogP contribution in [0, 0.1) is 18.3 Å². The Morgan fingerprint density at radius 3 is 2.39 bits per heavy atom. The van der Waals surface area contributed by atoms with Crippen LogP contribution < -0.4 is 5.56 Å². The van der Waals surface area contributed by atoms with Gasteiger partial charge in [-0.25, -0.2) is 0 Å². The molecule has 1 fully saturated rings. The molecule has 0 saturated carbocycles. The zero-order valence-electron chi connectivity index (χ0n) is 19.3. The number of thioether (sulfide) groups is 1. The average Bonchev–Trinajstić information content (AvgIpc) is 3.12. The first-order chi connectivity index (χ1) is 17.3. The average molecular weight is 516 g/mol. The molecule has 36 heavy (non-hydrogen) atoms. The second kappa shape index (κ2) is 10.7. The molecule has 0 radical (unpaired) electrons. The summed E-state index contributed by atoms with van der Waals surface area (Å²) in [6, 6.07) is 20.5. The first kappa shape index (κ1) is 25.1. The van der Waals surface area contributed by atoms with E-state index in [0.717, 1.165) is 27.5 Å². The lowest BCUT2D eigenvalue weighted by atomic mass is 10.0. The molecule has 1 aliphatic heterocycles. The maximum atomic E-state index is 13.3. The summed E-state index contributed by atoms with van der Waals surface area (Å²) >= 11 is 6.43. The summed E-state index contributed by atoms with van der Waals surface area (Å²) in [6.45, 7) is 1.09. The Kier molecular flexibility index (Phi) is 7.48. The van der Waals surface area contributed by atoms with Crippen LogP contribution in [0.3, 0.4) is 0 Å². The van der Waals surface area contributed by atoms with Crippen LogP contribution in [0.1, 0.15) is 32.6 Å². The number of rotatable bonds is 7. The van der Waals surface area contributed by atoms with Crippen molar-refractivity contribution in [2.45, 2.75) is 19.9 Å². The van der Waals surface area contributed by atoms with Crippen molar-refractivity contribution in [1.82, 2.24) is 9.47 Å². The lowest BCUT2D eigenvalue weighted by Gasteiger charge is -2.18. The van der Waals surface area contributed by atoms with Crippen molar-refractivity contribution in [3.63, 3.8) is 0 Å². The third kappa shape index (κ3) is 5.00. The summed E-state index contributed by atoms with van der Waals surface area (Å²) in [5, 5.41) is 20.5. The number of nitrogens with zero attached hydrogens (tertiary/aromatic N) is 3. The highest BCUT2D eigenvalue weighted by Gasteiger charge is 2.35. The second-order valence-electron chi connectivity index (χ2n) is 8.10. The zero-order chi connectivity index (χ0) is 25.8.